The van der Waals surface area contributed by atoms with Crippen molar-refractivity contribution < 1.29 is 9.53 Å². The van der Waals surface area contributed by atoms with Gasteiger partial charge in [-0.1, -0.05) is 24.3 Å². The van der Waals surface area contributed by atoms with Crippen LogP contribution in [0.15, 0.2) is 54.7 Å². The number of pyridine rings is 1. The van der Waals surface area contributed by atoms with Crippen molar-refractivity contribution in [2.24, 2.45) is 0 Å². The number of carbonyl (C=O) groups is 1. The van der Waals surface area contributed by atoms with Crippen LogP contribution in [0.3, 0.4) is 0 Å². The lowest BCUT2D eigenvalue weighted by atomic mass is 9.78. The van der Waals surface area contributed by atoms with E-state index in [9.17, 15) is 4.79 Å². The Morgan fingerprint density at radius 1 is 1.06 bits per heavy atom. The lowest BCUT2D eigenvalue weighted by molar-refractivity contribution is 0.0230. The molecule has 6 rings (SSSR count). The first-order valence-electron chi connectivity index (χ1n) is 11.6. The Morgan fingerprint density at radius 3 is 2.70 bits per heavy atom. The Kier molecular flexibility index (Phi) is 4.66. The van der Waals surface area contributed by atoms with Gasteiger partial charge in [-0.2, -0.15) is 0 Å². The predicted molar refractivity (Wildman–Crippen MR) is 130 cm³/mol. The van der Waals surface area contributed by atoms with Gasteiger partial charge in [-0.25, -0.2) is 0 Å². The number of benzene rings is 2. The van der Waals surface area contributed by atoms with E-state index in [1.807, 2.05) is 41.3 Å². The first-order chi connectivity index (χ1) is 16.1. The zero-order chi connectivity index (χ0) is 22.6. The number of nitrogens with one attached hydrogen (secondary N) is 1. The number of methoxy groups -OCH3 is 1. The fourth-order valence-electron chi connectivity index (χ4n) is 5.85. The maximum Gasteiger partial charge on any atom is 0.273 e. The highest BCUT2D eigenvalue weighted by molar-refractivity contribution is 6.05. The second kappa shape index (κ2) is 7.59. The van der Waals surface area contributed by atoms with Gasteiger partial charge in [0.15, 0.2) is 0 Å². The third kappa shape index (κ3) is 3.04. The molecular weight excluding hydrogens is 412 g/mol. The average molecular weight is 441 g/mol. The summed E-state index contributed by atoms with van der Waals surface area (Å²) in [6.45, 7) is 2.44. The number of likely N-dealkylation sites (N-methyl/N-ethyl adjacent to an activating group) is 1. The van der Waals surface area contributed by atoms with Crippen molar-refractivity contribution in [2.45, 2.75) is 24.8 Å². The normalized spacial score (nSPS) is 18.1. The number of H-pyrrole nitrogens is 1. The summed E-state index contributed by atoms with van der Waals surface area (Å²) >= 11 is 0. The second-order valence-corrected chi connectivity index (χ2v) is 9.27. The van der Waals surface area contributed by atoms with Crippen molar-refractivity contribution in [2.75, 3.05) is 33.8 Å². The monoisotopic (exact) mass is 440 g/mol. The number of likely N-dealkylation sites (tertiary alicyclic amines) is 1. The molecule has 4 heterocycles. The summed E-state index contributed by atoms with van der Waals surface area (Å²) < 4.78 is 5.48. The van der Waals surface area contributed by atoms with Crippen molar-refractivity contribution in [3.8, 4) is 5.75 Å². The van der Waals surface area contributed by atoms with Gasteiger partial charge in [0.05, 0.1) is 12.6 Å². The van der Waals surface area contributed by atoms with Gasteiger partial charge in [-0.15, -0.1) is 0 Å². The third-order valence-corrected chi connectivity index (χ3v) is 7.76. The number of fused-ring (bicyclic) bond motifs is 5. The van der Waals surface area contributed by atoms with Gasteiger partial charge in [0.25, 0.3) is 5.91 Å². The predicted octanol–water partition coefficient (Wildman–Crippen LogP) is 4.34. The molecule has 2 aromatic carbocycles. The van der Waals surface area contributed by atoms with Crippen LogP contribution in [0, 0.1) is 0 Å². The summed E-state index contributed by atoms with van der Waals surface area (Å²) in [5.41, 5.74) is 4.35. The number of ether oxygens (including phenoxy) is 1. The number of aromatic nitrogens is 2. The molecule has 6 heteroatoms. The van der Waals surface area contributed by atoms with Crippen molar-refractivity contribution in [1.82, 2.24) is 19.8 Å². The lowest BCUT2D eigenvalue weighted by Crippen LogP contribution is -2.55. The first kappa shape index (κ1) is 20.2. The van der Waals surface area contributed by atoms with Crippen molar-refractivity contribution in [1.29, 1.82) is 0 Å². The minimum absolute atomic E-state index is 0.0294. The highest BCUT2D eigenvalue weighted by Gasteiger charge is 2.45. The molecule has 0 unspecified atom stereocenters. The fourth-order valence-corrected chi connectivity index (χ4v) is 5.85. The molecule has 0 aliphatic carbocycles. The molecule has 1 fully saturated rings. The van der Waals surface area contributed by atoms with Crippen LogP contribution in [-0.2, 0) is 12.0 Å². The molecule has 0 bridgehead atoms. The summed E-state index contributed by atoms with van der Waals surface area (Å²) in [4.78, 5) is 26.1. The molecule has 2 aliphatic heterocycles. The SMILES string of the molecule is COc1ccc2[nH]c3c(c2c1)CCN(C)C31CCN(C(=O)c2nccc3ccccc23)CC1. The Hall–Kier alpha value is -3.38. The Labute approximate surface area is 193 Å². The van der Waals surface area contributed by atoms with E-state index in [-0.39, 0.29) is 11.4 Å². The second-order valence-electron chi connectivity index (χ2n) is 9.27. The highest BCUT2D eigenvalue weighted by Crippen LogP contribution is 2.45. The molecule has 1 amide bonds. The number of amides is 1. The number of nitrogens with zero attached hydrogens (tertiary/aromatic N) is 3. The van der Waals surface area contributed by atoms with Crippen LogP contribution in [0.25, 0.3) is 21.7 Å². The van der Waals surface area contributed by atoms with Crippen LogP contribution in [0.4, 0.5) is 0 Å². The van der Waals surface area contributed by atoms with Crippen LogP contribution in [-0.4, -0.2) is 59.5 Å². The molecule has 33 heavy (non-hydrogen) atoms. The molecule has 1 saturated heterocycles. The van der Waals surface area contributed by atoms with E-state index in [1.54, 1.807) is 13.3 Å². The summed E-state index contributed by atoms with van der Waals surface area (Å²) in [7, 11) is 3.94. The van der Waals surface area contributed by atoms with E-state index >= 15 is 0 Å². The van der Waals surface area contributed by atoms with Crippen LogP contribution >= 0.6 is 0 Å². The minimum Gasteiger partial charge on any atom is -0.497 e. The van der Waals surface area contributed by atoms with Crippen molar-refractivity contribution >= 4 is 27.6 Å². The summed E-state index contributed by atoms with van der Waals surface area (Å²) in [6.07, 6.45) is 4.55. The third-order valence-electron chi connectivity index (χ3n) is 7.76. The highest BCUT2D eigenvalue weighted by atomic mass is 16.5. The van der Waals surface area contributed by atoms with Crippen LogP contribution in [0.5, 0.6) is 5.75 Å². The Bertz CT molecular complexity index is 1360. The van der Waals surface area contributed by atoms with Crippen molar-refractivity contribution in [3.05, 3.63) is 71.7 Å². The van der Waals surface area contributed by atoms with Gasteiger partial charge in [0.2, 0.25) is 0 Å². The van der Waals surface area contributed by atoms with Crippen LogP contribution < -0.4 is 4.74 Å². The lowest BCUT2D eigenvalue weighted by Gasteiger charge is -2.49. The van der Waals surface area contributed by atoms with Gasteiger partial charge in [0, 0.05) is 47.8 Å². The van der Waals surface area contributed by atoms with Gasteiger partial charge in [-0.3, -0.25) is 14.7 Å². The number of hydrogen-bond donors (Lipinski definition) is 1. The average Bonchev–Trinajstić information content (AvgIpc) is 3.25. The van der Waals surface area contributed by atoms with Gasteiger partial charge < -0.3 is 14.6 Å². The summed E-state index contributed by atoms with van der Waals surface area (Å²) in [5.74, 6) is 0.919. The van der Waals surface area contributed by atoms with E-state index in [4.69, 9.17) is 4.74 Å². The molecule has 0 saturated carbocycles. The Morgan fingerprint density at radius 2 is 1.88 bits per heavy atom. The number of aromatic amines is 1. The summed E-state index contributed by atoms with van der Waals surface area (Å²) in [6, 6.07) is 16.2. The molecule has 6 nitrogen and oxygen atoms in total. The molecule has 0 atom stereocenters. The molecule has 1 N–H and O–H groups in total. The van der Waals surface area contributed by atoms with Crippen LogP contribution in [0.2, 0.25) is 0 Å². The van der Waals surface area contributed by atoms with E-state index in [0.29, 0.717) is 18.8 Å². The molecule has 168 valence electrons. The maximum absolute atomic E-state index is 13.5. The van der Waals surface area contributed by atoms with Gasteiger partial charge in [-0.05, 0) is 61.5 Å². The maximum atomic E-state index is 13.5. The topological polar surface area (TPSA) is 61.5 Å². The van der Waals surface area contributed by atoms with Gasteiger partial charge in [0.1, 0.15) is 11.4 Å². The Balaban J connectivity index is 1.32. The zero-order valence-electron chi connectivity index (χ0n) is 19.1. The summed E-state index contributed by atoms with van der Waals surface area (Å²) in [5, 5.41) is 3.23. The molecular formula is C27H28N4O2. The van der Waals surface area contributed by atoms with E-state index in [2.05, 4.69) is 34.0 Å². The molecule has 1 spiro atoms. The molecule has 0 radical (unpaired) electrons. The molecule has 4 aromatic rings. The van der Waals surface area contributed by atoms with Crippen molar-refractivity contribution in [3.63, 3.8) is 0 Å². The smallest absolute Gasteiger partial charge is 0.273 e. The van der Waals surface area contributed by atoms with Gasteiger partial charge >= 0.3 is 0 Å². The largest absolute Gasteiger partial charge is 0.497 e. The quantitative estimate of drug-likeness (QED) is 0.504. The van der Waals surface area contributed by atoms with E-state index in [1.165, 1.54) is 16.6 Å². The zero-order valence-corrected chi connectivity index (χ0v) is 19.1. The van der Waals surface area contributed by atoms with Crippen LogP contribution in [0.1, 0.15) is 34.6 Å². The number of hydrogen-bond acceptors (Lipinski definition) is 4. The number of carbonyl (C=O) groups excluding carboxylic acids is 1. The van der Waals surface area contributed by atoms with E-state index in [0.717, 1.165) is 47.8 Å². The number of piperidine rings is 1. The number of rotatable bonds is 2. The minimum atomic E-state index is -0.0806. The van der Waals surface area contributed by atoms with E-state index < -0.39 is 0 Å². The first-order valence-corrected chi connectivity index (χ1v) is 11.6. The molecule has 2 aromatic heterocycles. The standard InChI is InChI=1S/C27H28N4O2/c1-30-14-10-21-22-17-19(33-2)7-8-23(22)29-25(21)27(30)11-15-31(16-12-27)26(32)24-20-6-4-3-5-18(20)9-13-28-24/h3-9,13,17,29H,10-12,14-16H2,1-2H3. The molecule has 2 aliphatic rings. The fraction of sp³-hybridized carbons (Fsp3) is 0.333.